The van der Waals surface area contributed by atoms with Gasteiger partial charge in [-0.15, -0.1) is 0 Å². The first kappa shape index (κ1) is 22.8. The lowest BCUT2D eigenvalue weighted by Gasteiger charge is -2.34. The summed E-state index contributed by atoms with van der Waals surface area (Å²) in [6.45, 7) is 3.38. The van der Waals surface area contributed by atoms with Crippen molar-refractivity contribution in [1.29, 1.82) is 0 Å². The van der Waals surface area contributed by atoms with E-state index in [-0.39, 0.29) is 11.9 Å². The molecule has 1 fully saturated rings. The van der Waals surface area contributed by atoms with Gasteiger partial charge in [0.1, 0.15) is 24.6 Å². The first-order valence-corrected chi connectivity index (χ1v) is 11.6. The predicted molar refractivity (Wildman–Crippen MR) is 138 cm³/mol. The number of pyridine rings is 1. The maximum absolute atomic E-state index is 14.4. The zero-order chi connectivity index (χ0) is 24.5. The van der Waals surface area contributed by atoms with Crippen molar-refractivity contribution in [2.75, 3.05) is 30.8 Å². The molecule has 3 heterocycles. The van der Waals surface area contributed by atoms with Crippen LogP contribution in [0.15, 0.2) is 47.8 Å². The van der Waals surface area contributed by atoms with Gasteiger partial charge in [0.15, 0.2) is 0 Å². The van der Waals surface area contributed by atoms with Crippen molar-refractivity contribution in [3.8, 4) is 22.5 Å². The number of anilines is 2. The zero-order valence-corrected chi connectivity index (χ0v) is 19.8. The Hall–Kier alpha value is -3.98. The monoisotopic (exact) mass is 473 g/mol. The molecule has 4 aromatic rings. The maximum Gasteiger partial charge on any atom is 0.144 e. The summed E-state index contributed by atoms with van der Waals surface area (Å²) < 4.78 is 14.4. The smallest absolute Gasteiger partial charge is 0.144 e. The summed E-state index contributed by atoms with van der Waals surface area (Å²) in [5.74, 6) is 0.636. The molecule has 0 bridgehead atoms. The quantitative estimate of drug-likeness (QED) is 0.295. The Balaban J connectivity index is 1.75. The van der Waals surface area contributed by atoms with Gasteiger partial charge in [-0.05, 0) is 49.1 Å². The molecule has 8 nitrogen and oxygen atoms in total. The Morgan fingerprint density at radius 2 is 2.03 bits per heavy atom. The Morgan fingerprint density at radius 3 is 2.77 bits per heavy atom. The first-order chi connectivity index (χ1) is 16.9. The van der Waals surface area contributed by atoms with E-state index in [0.29, 0.717) is 17.2 Å². The molecule has 0 aliphatic carbocycles. The molecule has 1 aliphatic heterocycles. The third kappa shape index (κ3) is 4.42. The molecule has 2 aromatic carbocycles. The molecule has 2 aromatic heterocycles. The highest BCUT2D eigenvalue weighted by atomic mass is 19.1. The summed E-state index contributed by atoms with van der Waals surface area (Å²) in [6.07, 6.45) is 5.03. The number of rotatable bonds is 5. The second kappa shape index (κ2) is 9.34. The molecule has 1 aliphatic rings. The molecule has 0 saturated carbocycles. The van der Waals surface area contributed by atoms with Crippen LogP contribution >= 0.6 is 0 Å². The number of aromatic amines is 1. The summed E-state index contributed by atoms with van der Waals surface area (Å²) in [7, 11) is 1.50. The van der Waals surface area contributed by atoms with Gasteiger partial charge in [0, 0.05) is 36.5 Å². The molecule has 35 heavy (non-hydrogen) atoms. The molecule has 0 spiro atoms. The molecule has 0 amide bonds. The molecule has 5 N–H and O–H groups in total. The summed E-state index contributed by atoms with van der Waals surface area (Å²) in [6, 6.07) is 10.9. The summed E-state index contributed by atoms with van der Waals surface area (Å²) in [4.78, 5) is 19.9. The lowest BCUT2D eigenvalue weighted by Crippen LogP contribution is -2.40. The Morgan fingerprint density at radius 1 is 1.23 bits per heavy atom. The van der Waals surface area contributed by atoms with Crippen LogP contribution < -0.4 is 16.4 Å². The van der Waals surface area contributed by atoms with Crippen LogP contribution in [-0.4, -0.2) is 47.4 Å². The fourth-order valence-corrected chi connectivity index (χ4v) is 4.69. The first-order valence-electron chi connectivity index (χ1n) is 11.6. The minimum absolute atomic E-state index is 0.155. The highest BCUT2D eigenvalue weighted by Crippen LogP contribution is 2.43. The lowest BCUT2D eigenvalue weighted by atomic mass is 9.97. The van der Waals surface area contributed by atoms with Crippen LogP contribution in [0.5, 0.6) is 0 Å². The van der Waals surface area contributed by atoms with Gasteiger partial charge in [0.25, 0.3) is 0 Å². The van der Waals surface area contributed by atoms with Crippen LogP contribution in [0.3, 0.4) is 0 Å². The highest BCUT2D eigenvalue weighted by molar-refractivity contribution is 6.00. The predicted octanol–water partition coefficient (Wildman–Crippen LogP) is 4.23. The number of benzene rings is 2. The SMILES string of the molecule is CON=Cc1cccc2[nH]c(-c3c(N)ncc(-c4cc(C)cc(F)c4)c3N3CCC(N)CC3)nc12. The van der Waals surface area contributed by atoms with Gasteiger partial charge in [-0.1, -0.05) is 23.4 Å². The number of hydrogen-bond donors (Lipinski definition) is 3. The number of nitrogens with two attached hydrogens (primary N) is 2. The average Bonchev–Trinajstić information content (AvgIpc) is 3.27. The van der Waals surface area contributed by atoms with Gasteiger partial charge in [0.2, 0.25) is 0 Å². The average molecular weight is 474 g/mol. The van der Waals surface area contributed by atoms with Gasteiger partial charge in [-0.2, -0.15) is 0 Å². The number of imidazole rings is 1. The van der Waals surface area contributed by atoms with Crippen molar-refractivity contribution < 1.29 is 9.23 Å². The number of halogens is 1. The van der Waals surface area contributed by atoms with Crippen LogP contribution in [0.1, 0.15) is 24.0 Å². The van der Waals surface area contributed by atoms with E-state index in [1.54, 1.807) is 12.4 Å². The summed E-state index contributed by atoms with van der Waals surface area (Å²) >= 11 is 0. The minimum Gasteiger partial charge on any atom is -0.399 e. The number of piperidine rings is 1. The largest absolute Gasteiger partial charge is 0.399 e. The van der Waals surface area contributed by atoms with Gasteiger partial charge in [0.05, 0.1) is 28.5 Å². The molecule has 180 valence electrons. The molecular formula is C26H28FN7O. The Labute approximate surface area is 202 Å². The molecular weight excluding hydrogens is 445 g/mol. The number of hydrogen-bond acceptors (Lipinski definition) is 7. The fraction of sp³-hybridized carbons (Fsp3) is 0.269. The van der Waals surface area contributed by atoms with E-state index in [2.05, 4.69) is 20.0 Å². The van der Waals surface area contributed by atoms with E-state index in [1.165, 1.54) is 19.2 Å². The van der Waals surface area contributed by atoms with Crippen LogP contribution in [0.25, 0.3) is 33.5 Å². The number of aryl methyl sites for hydroxylation is 1. The van der Waals surface area contributed by atoms with Crippen LogP contribution in [0, 0.1) is 12.7 Å². The topological polar surface area (TPSA) is 118 Å². The molecule has 0 unspecified atom stereocenters. The molecule has 0 radical (unpaired) electrons. The number of nitrogen functional groups attached to an aromatic ring is 1. The van der Waals surface area contributed by atoms with E-state index in [1.807, 2.05) is 31.2 Å². The Bertz CT molecular complexity index is 1390. The number of aromatic nitrogens is 3. The summed E-state index contributed by atoms with van der Waals surface area (Å²) in [5.41, 5.74) is 19.0. The van der Waals surface area contributed by atoms with Crippen molar-refractivity contribution in [1.82, 2.24) is 15.0 Å². The van der Waals surface area contributed by atoms with Crippen molar-refractivity contribution in [2.24, 2.45) is 10.9 Å². The van der Waals surface area contributed by atoms with E-state index in [9.17, 15) is 4.39 Å². The van der Waals surface area contributed by atoms with Crippen molar-refractivity contribution in [2.45, 2.75) is 25.8 Å². The number of nitrogens with zero attached hydrogens (tertiary/aromatic N) is 4. The third-order valence-electron chi connectivity index (χ3n) is 6.37. The Kier molecular flexibility index (Phi) is 6.08. The van der Waals surface area contributed by atoms with Crippen LogP contribution in [0.4, 0.5) is 15.9 Å². The number of para-hydroxylation sites is 1. The van der Waals surface area contributed by atoms with Crippen LogP contribution in [-0.2, 0) is 4.84 Å². The molecule has 0 atom stereocenters. The maximum atomic E-state index is 14.4. The lowest BCUT2D eigenvalue weighted by molar-refractivity contribution is 0.215. The third-order valence-corrected chi connectivity index (χ3v) is 6.37. The summed E-state index contributed by atoms with van der Waals surface area (Å²) in [5, 5.41) is 3.89. The van der Waals surface area contributed by atoms with Crippen LogP contribution in [0.2, 0.25) is 0 Å². The normalized spacial score (nSPS) is 14.8. The second-order valence-electron chi connectivity index (χ2n) is 8.87. The van der Waals surface area contributed by atoms with E-state index >= 15 is 0 Å². The van der Waals surface area contributed by atoms with Crippen molar-refractivity contribution in [3.05, 3.63) is 59.5 Å². The van der Waals surface area contributed by atoms with E-state index < -0.39 is 0 Å². The second-order valence-corrected chi connectivity index (χ2v) is 8.87. The van der Waals surface area contributed by atoms with Crippen molar-refractivity contribution >= 4 is 28.8 Å². The number of nitrogens with one attached hydrogen (secondary N) is 1. The number of H-pyrrole nitrogens is 1. The van der Waals surface area contributed by atoms with Crippen molar-refractivity contribution in [3.63, 3.8) is 0 Å². The van der Waals surface area contributed by atoms with Gasteiger partial charge >= 0.3 is 0 Å². The number of oxime groups is 1. The number of fused-ring (bicyclic) bond motifs is 1. The van der Waals surface area contributed by atoms with Gasteiger partial charge < -0.3 is 26.2 Å². The fourth-order valence-electron chi connectivity index (χ4n) is 4.69. The highest BCUT2D eigenvalue weighted by Gasteiger charge is 2.27. The van der Waals surface area contributed by atoms with E-state index in [4.69, 9.17) is 21.3 Å². The van der Waals surface area contributed by atoms with Gasteiger partial charge in [-0.25, -0.2) is 14.4 Å². The standard InChI is InChI=1S/C26H28FN7O/c1-15-10-17(12-18(27)11-15)20-14-30-25(29)22(24(20)34-8-6-19(28)7-9-34)26-32-21-5-3-4-16(13-31-35-2)23(21)33-26/h3-5,10-14,19H,6-9,28H2,1-2H3,(H2,29,30)(H,32,33). The molecule has 5 rings (SSSR count). The molecule has 1 saturated heterocycles. The van der Waals surface area contributed by atoms with Gasteiger partial charge in [-0.3, -0.25) is 0 Å². The van der Waals surface area contributed by atoms with E-state index in [0.717, 1.165) is 64.9 Å². The zero-order valence-electron chi connectivity index (χ0n) is 19.8. The molecule has 9 heteroatoms. The minimum atomic E-state index is -0.296.